The average Bonchev–Trinajstić information content (AvgIpc) is 2.79. The van der Waals surface area contributed by atoms with Crippen molar-refractivity contribution in [2.75, 3.05) is 10.5 Å². The van der Waals surface area contributed by atoms with Gasteiger partial charge in [-0.3, -0.25) is 19.6 Å². The molecular formula is C22H19N3O5S2. The molecule has 0 radical (unpaired) electrons. The normalized spacial score (nSPS) is 15.4. The number of anilines is 1. The Labute approximate surface area is 189 Å². The number of nitro groups is 1. The number of rotatable bonds is 6. The van der Waals surface area contributed by atoms with E-state index in [2.05, 4.69) is 10.0 Å². The molecule has 1 atom stereocenters. The Morgan fingerprint density at radius 2 is 1.78 bits per heavy atom. The number of nitrogens with zero attached hydrogens (tertiary/aromatic N) is 1. The summed E-state index contributed by atoms with van der Waals surface area (Å²) in [7, 11) is -4.02. The van der Waals surface area contributed by atoms with Crippen LogP contribution < -0.4 is 10.0 Å². The van der Waals surface area contributed by atoms with E-state index in [1.54, 1.807) is 11.8 Å². The van der Waals surface area contributed by atoms with E-state index in [4.69, 9.17) is 0 Å². The fraction of sp³-hybridized carbons (Fsp3) is 0.136. The van der Waals surface area contributed by atoms with Crippen LogP contribution in [0, 0.1) is 10.1 Å². The number of hydrogen-bond donors (Lipinski definition) is 2. The molecule has 1 amide bonds. The lowest BCUT2D eigenvalue weighted by atomic mass is 10.0. The SMILES string of the molecule is O=C(NC1CCSc2ccccc21)c1ccc(NS(=O)(=O)c2cccc([N+](=O)[O-])c2)cc1. The number of hydrogen-bond acceptors (Lipinski definition) is 6. The molecule has 32 heavy (non-hydrogen) atoms. The van der Waals surface area contributed by atoms with E-state index in [0.717, 1.165) is 28.7 Å². The average molecular weight is 470 g/mol. The van der Waals surface area contributed by atoms with E-state index in [0.29, 0.717) is 5.56 Å². The highest BCUT2D eigenvalue weighted by Crippen LogP contribution is 2.36. The molecule has 1 unspecified atom stereocenters. The summed E-state index contributed by atoms with van der Waals surface area (Å²) in [5.41, 5.74) is 1.42. The van der Waals surface area contributed by atoms with Crippen LogP contribution >= 0.6 is 11.8 Å². The lowest BCUT2D eigenvalue weighted by Crippen LogP contribution is -2.30. The number of amides is 1. The molecule has 8 nitrogen and oxygen atoms in total. The minimum atomic E-state index is -4.02. The molecule has 3 aromatic carbocycles. The third-order valence-electron chi connectivity index (χ3n) is 5.00. The van der Waals surface area contributed by atoms with Crippen LogP contribution in [0.1, 0.15) is 28.4 Å². The Kier molecular flexibility index (Phi) is 6.15. The van der Waals surface area contributed by atoms with E-state index >= 15 is 0 Å². The summed E-state index contributed by atoms with van der Waals surface area (Å²) in [6.07, 6.45) is 0.828. The van der Waals surface area contributed by atoms with Gasteiger partial charge in [0.15, 0.2) is 0 Å². The quantitative estimate of drug-likeness (QED) is 0.409. The minimum absolute atomic E-state index is 0.0769. The zero-order valence-corrected chi connectivity index (χ0v) is 18.4. The third-order valence-corrected chi connectivity index (χ3v) is 7.50. The molecule has 0 bridgehead atoms. The van der Waals surface area contributed by atoms with Gasteiger partial charge in [-0.15, -0.1) is 11.8 Å². The maximum atomic E-state index is 12.7. The fourth-order valence-corrected chi connectivity index (χ4v) is 5.62. The molecule has 0 saturated carbocycles. The molecule has 4 rings (SSSR count). The Hall–Kier alpha value is -3.37. The van der Waals surface area contributed by atoms with Crippen LogP contribution in [0.4, 0.5) is 11.4 Å². The minimum Gasteiger partial charge on any atom is -0.345 e. The van der Waals surface area contributed by atoms with Gasteiger partial charge >= 0.3 is 0 Å². The number of nitrogens with one attached hydrogen (secondary N) is 2. The number of carbonyl (C=O) groups excluding carboxylic acids is 1. The Morgan fingerprint density at radius 1 is 1.03 bits per heavy atom. The lowest BCUT2D eigenvalue weighted by molar-refractivity contribution is -0.385. The van der Waals surface area contributed by atoms with Crippen molar-refractivity contribution in [2.45, 2.75) is 22.3 Å². The van der Waals surface area contributed by atoms with E-state index in [1.807, 2.05) is 24.3 Å². The molecule has 0 fully saturated rings. The van der Waals surface area contributed by atoms with Gasteiger partial charge in [-0.05, 0) is 48.4 Å². The van der Waals surface area contributed by atoms with Crippen LogP contribution in [0.3, 0.4) is 0 Å². The molecule has 10 heteroatoms. The van der Waals surface area contributed by atoms with Crippen LogP contribution in [-0.2, 0) is 10.0 Å². The van der Waals surface area contributed by atoms with Gasteiger partial charge in [0.2, 0.25) is 0 Å². The van der Waals surface area contributed by atoms with Crippen LogP contribution in [-0.4, -0.2) is 25.0 Å². The molecule has 1 aliphatic rings. The highest BCUT2D eigenvalue weighted by atomic mass is 32.2. The van der Waals surface area contributed by atoms with Crippen molar-refractivity contribution in [2.24, 2.45) is 0 Å². The summed E-state index contributed by atoms with van der Waals surface area (Å²) < 4.78 is 27.5. The Balaban J connectivity index is 1.46. The van der Waals surface area contributed by atoms with Crippen LogP contribution in [0.25, 0.3) is 0 Å². The van der Waals surface area contributed by atoms with E-state index in [9.17, 15) is 23.3 Å². The van der Waals surface area contributed by atoms with Crippen molar-refractivity contribution in [3.63, 3.8) is 0 Å². The van der Waals surface area contributed by atoms with Gasteiger partial charge in [-0.25, -0.2) is 8.42 Å². The number of thioether (sulfide) groups is 1. The molecule has 0 aromatic heterocycles. The fourth-order valence-electron chi connectivity index (χ4n) is 3.40. The van der Waals surface area contributed by atoms with Crippen LogP contribution in [0.2, 0.25) is 0 Å². The molecule has 0 aliphatic carbocycles. The van der Waals surface area contributed by atoms with E-state index in [1.165, 1.54) is 42.5 Å². The number of fused-ring (bicyclic) bond motifs is 1. The zero-order chi connectivity index (χ0) is 22.7. The first-order chi connectivity index (χ1) is 15.3. The summed E-state index contributed by atoms with van der Waals surface area (Å²) in [6.45, 7) is 0. The van der Waals surface area contributed by atoms with E-state index < -0.39 is 14.9 Å². The third kappa shape index (κ3) is 4.76. The predicted molar refractivity (Wildman–Crippen MR) is 122 cm³/mol. The molecule has 1 aliphatic heterocycles. The Bertz CT molecular complexity index is 1280. The van der Waals surface area contributed by atoms with Gasteiger partial charge < -0.3 is 5.32 Å². The summed E-state index contributed by atoms with van der Waals surface area (Å²) in [5, 5.41) is 13.9. The second-order valence-corrected chi connectivity index (χ2v) is 9.96. The summed E-state index contributed by atoms with van der Waals surface area (Å²) >= 11 is 1.77. The summed E-state index contributed by atoms with van der Waals surface area (Å²) in [5.74, 6) is 0.671. The number of nitro benzene ring substituents is 1. The number of non-ortho nitro benzene ring substituents is 1. The predicted octanol–water partition coefficient (Wildman–Crippen LogP) is 4.36. The monoisotopic (exact) mass is 469 g/mol. The van der Waals surface area contributed by atoms with Crippen LogP contribution in [0.15, 0.2) is 82.6 Å². The van der Waals surface area contributed by atoms with Crippen molar-refractivity contribution >= 4 is 39.1 Å². The standard InChI is InChI=1S/C22H19N3O5S2/c26-22(23-20-12-13-31-21-7-2-1-6-19(20)21)15-8-10-16(11-9-15)24-32(29,30)18-5-3-4-17(14-18)25(27)28/h1-11,14,20,24H,12-13H2,(H,23,26). The smallest absolute Gasteiger partial charge is 0.270 e. The molecule has 164 valence electrons. The van der Waals surface area contributed by atoms with Crippen molar-refractivity contribution in [3.05, 3.63) is 94.0 Å². The maximum absolute atomic E-state index is 12.7. The molecule has 0 saturated heterocycles. The number of benzene rings is 3. The van der Waals surface area contributed by atoms with Crippen molar-refractivity contribution in [3.8, 4) is 0 Å². The van der Waals surface area contributed by atoms with Gasteiger partial charge in [0.1, 0.15) is 0 Å². The lowest BCUT2D eigenvalue weighted by Gasteiger charge is -2.25. The summed E-state index contributed by atoms with van der Waals surface area (Å²) in [6, 6.07) is 18.7. The highest BCUT2D eigenvalue weighted by Gasteiger charge is 2.23. The van der Waals surface area contributed by atoms with Crippen molar-refractivity contribution in [1.82, 2.24) is 5.32 Å². The first kappa shape index (κ1) is 21.8. The van der Waals surface area contributed by atoms with Crippen molar-refractivity contribution < 1.29 is 18.1 Å². The molecule has 3 aromatic rings. The molecule has 2 N–H and O–H groups in total. The Morgan fingerprint density at radius 3 is 2.53 bits per heavy atom. The maximum Gasteiger partial charge on any atom is 0.270 e. The van der Waals surface area contributed by atoms with Crippen LogP contribution in [0.5, 0.6) is 0 Å². The van der Waals surface area contributed by atoms with Gasteiger partial charge in [0, 0.05) is 34.0 Å². The number of carbonyl (C=O) groups is 1. The topological polar surface area (TPSA) is 118 Å². The van der Waals surface area contributed by atoms with Gasteiger partial charge in [0.25, 0.3) is 21.6 Å². The van der Waals surface area contributed by atoms with Crippen molar-refractivity contribution in [1.29, 1.82) is 0 Å². The highest BCUT2D eigenvalue weighted by molar-refractivity contribution is 7.99. The van der Waals surface area contributed by atoms with Gasteiger partial charge in [0.05, 0.1) is 15.9 Å². The largest absolute Gasteiger partial charge is 0.345 e. The van der Waals surface area contributed by atoms with E-state index in [-0.39, 0.29) is 28.2 Å². The first-order valence-electron chi connectivity index (χ1n) is 9.73. The second-order valence-electron chi connectivity index (χ2n) is 7.14. The number of sulfonamides is 1. The summed E-state index contributed by atoms with van der Waals surface area (Å²) in [4.78, 5) is 23.9. The molecule has 1 heterocycles. The first-order valence-corrected chi connectivity index (χ1v) is 12.2. The zero-order valence-electron chi connectivity index (χ0n) is 16.7. The van der Waals surface area contributed by atoms with Gasteiger partial charge in [-0.1, -0.05) is 24.3 Å². The molecular weight excluding hydrogens is 450 g/mol. The molecule has 0 spiro atoms. The van der Waals surface area contributed by atoms with Gasteiger partial charge in [-0.2, -0.15) is 0 Å². The second kappa shape index (κ2) is 9.01.